The lowest BCUT2D eigenvalue weighted by Gasteiger charge is -2.19. The predicted molar refractivity (Wildman–Crippen MR) is 95.8 cm³/mol. The Hall–Kier alpha value is -2.16. The molecular formula is C21H24FNO. The van der Waals surface area contributed by atoms with Gasteiger partial charge in [-0.05, 0) is 47.4 Å². The molecule has 2 aromatic rings. The summed E-state index contributed by atoms with van der Waals surface area (Å²) in [7, 11) is 0. The fourth-order valence-corrected chi connectivity index (χ4v) is 3.09. The Kier molecular flexibility index (Phi) is 4.20. The molecule has 1 aliphatic carbocycles. The predicted octanol–water partition coefficient (Wildman–Crippen LogP) is 5.17. The molecular weight excluding hydrogens is 301 g/mol. The highest BCUT2D eigenvalue weighted by Gasteiger charge is 2.44. The molecule has 0 heterocycles. The van der Waals surface area contributed by atoms with Crippen LogP contribution in [-0.4, -0.2) is 5.91 Å². The van der Waals surface area contributed by atoms with Crippen LogP contribution in [0.4, 0.5) is 10.1 Å². The fraction of sp³-hybridized carbons (Fsp3) is 0.381. The second kappa shape index (κ2) is 6.04. The van der Waals surface area contributed by atoms with E-state index in [-0.39, 0.29) is 29.0 Å². The molecule has 3 rings (SSSR count). The summed E-state index contributed by atoms with van der Waals surface area (Å²) in [4.78, 5) is 12.4. The second-order valence-electron chi connectivity index (χ2n) is 7.74. The van der Waals surface area contributed by atoms with Crippen LogP contribution in [0.2, 0.25) is 0 Å². The number of para-hydroxylation sites is 1. The Balaban J connectivity index is 1.68. The molecule has 1 aliphatic rings. The molecule has 0 radical (unpaired) electrons. The lowest BCUT2D eigenvalue weighted by molar-refractivity contribution is -0.117. The van der Waals surface area contributed by atoms with Crippen LogP contribution in [-0.2, 0) is 10.2 Å². The van der Waals surface area contributed by atoms with Gasteiger partial charge in [0.2, 0.25) is 5.91 Å². The van der Waals surface area contributed by atoms with Crippen molar-refractivity contribution in [3.63, 3.8) is 0 Å². The van der Waals surface area contributed by atoms with Crippen molar-refractivity contribution in [2.45, 2.75) is 45.4 Å². The van der Waals surface area contributed by atoms with Crippen molar-refractivity contribution in [2.24, 2.45) is 5.92 Å². The summed E-state index contributed by atoms with van der Waals surface area (Å²) in [5.41, 5.74) is 3.65. The Morgan fingerprint density at radius 2 is 1.79 bits per heavy atom. The van der Waals surface area contributed by atoms with E-state index in [1.807, 2.05) is 0 Å². The van der Waals surface area contributed by atoms with Crippen LogP contribution >= 0.6 is 0 Å². The molecule has 1 fully saturated rings. The van der Waals surface area contributed by atoms with Gasteiger partial charge in [-0.15, -0.1) is 0 Å². The monoisotopic (exact) mass is 325 g/mol. The van der Waals surface area contributed by atoms with E-state index in [2.05, 4.69) is 50.4 Å². The number of rotatable bonds is 3. The highest BCUT2D eigenvalue weighted by Crippen LogP contribution is 2.48. The number of aryl methyl sites for hydroxylation is 1. The van der Waals surface area contributed by atoms with Gasteiger partial charge in [0.15, 0.2) is 0 Å². The first-order valence-corrected chi connectivity index (χ1v) is 8.44. The van der Waals surface area contributed by atoms with E-state index >= 15 is 0 Å². The van der Waals surface area contributed by atoms with Gasteiger partial charge in [0, 0.05) is 5.92 Å². The molecule has 0 saturated heterocycles. The maximum atomic E-state index is 13.9. The van der Waals surface area contributed by atoms with Crippen LogP contribution in [0, 0.1) is 18.7 Å². The van der Waals surface area contributed by atoms with E-state index in [0.29, 0.717) is 5.69 Å². The molecule has 0 bridgehead atoms. The van der Waals surface area contributed by atoms with E-state index in [0.717, 1.165) is 12.0 Å². The van der Waals surface area contributed by atoms with Gasteiger partial charge in [-0.3, -0.25) is 4.79 Å². The third-order valence-corrected chi connectivity index (χ3v) is 4.80. The summed E-state index contributed by atoms with van der Waals surface area (Å²) in [6, 6.07) is 13.3. The summed E-state index contributed by atoms with van der Waals surface area (Å²) in [5.74, 6) is -0.293. The SMILES string of the molecule is Cc1cccc(F)c1NC(=O)[C@@H]1C[C@H]1c1ccc(C(C)(C)C)cc1. The van der Waals surface area contributed by atoms with Gasteiger partial charge >= 0.3 is 0 Å². The molecule has 0 unspecified atom stereocenters. The van der Waals surface area contributed by atoms with Gasteiger partial charge in [-0.25, -0.2) is 4.39 Å². The molecule has 1 N–H and O–H groups in total. The van der Waals surface area contributed by atoms with Crippen LogP contribution in [0.5, 0.6) is 0 Å². The topological polar surface area (TPSA) is 29.1 Å². The average molecular weight is 325 g/mol. The van der Waals surface area contributed by atoms with Crippen molar-refractivity contribution >= 4 is 11.6 Å². The zero-order valence-electron chi connectivity index (χ0n) is 14.7. The molecule has 0 spiro atoms. The van der Waals surface area contributed by atoms with Gasteiger partial charge in [0.25, 0.3) is 0 Å². The van der Waals surface area contributed by atoms with Gasteiger partial charge in [-0.2, -0.15) is 0 Å². The molecule has 0 aromatic heterocycles. The molecule has 1 amide bonds. The van der Waals surface area contributed by atoms with Crippen molar-refractivity contribution in [1.29, 1.82) is 0 Å². The van der Waals surface area contributed by atoms with Gasteiger partial charge in [0.1, 0.15) is 5.82 Å². The third-order valence-electron chi connectivity index (χ3n) is 4.80. The number of nitrogens with one attached hydrogen (secondary N) is 1. The Morgan fingerprint density at radius 3 is 2.38 bits per heavy atom. The first-order valence-electron chi connectivity index (χ1n) is 8.44. The minimum absolute atomic E-state index is 0.0653. The molecule has 2 atom stereocenters. The highest BCUT2D eigenvalue weighted by atomic mass is 19.1. The number of anilines is 1. The quantitative estimate of drug-likeness (QED) is 0.828. The van der Waals surface area contributed by atoms with Crippen LogP contribution in [0.1, 0.15) is 49.8 Å². The van der Waals surface area contributed by atoms with Crippen molar-refractivity contribution in [2.75, 3.05) is 5.32 Å². The number of hydrogen-bond donors (Lipinski definition) is 1. The second-order valence-corrected chi connectivity index (χ2v) is 7.74. The highest BCUT2D eigenvalue weighted by molar-refractivity contribution is 5.96. The Bertz CT molecular complexity index is 738. The zero-order chi connectivity index (χ0) is 17.5. The molecule has 2 nitrogen and oxygen atoms in total. The maximum Gasteiger partial charge on any atom is 0.228 e. The summed E-state index contributed by atoms with van der Waals surface area (Å²) in [6.45, 7) is 8.36. The van der Waals surface area contributed by atoms with Gasteiger partial charge in [-0.1, -0.05) is 57.2 Å². The minimum Gasteiger partial charge on any atom is -0.323 e. The number of hydrogen-bond acceptors (Lipinski definition) is 1. The molecule has 24 heavy (non-hydrogen) atoms. The summed E-state index contributed by atoms with van der Waals surface area (Å²) in [6.07, 6.45) is 0.828. The fourth-order valence-electron chi connectivity index (χ4n) is 3.09. The van der Waals surface area contributed by atoms with E-state index < -0.39 is 0 Å². The maximum absolute atomic E-state index is 13.9. The number of halogens is 1. The van der Waals surface area contributed by atoms with Crippen molar-refractivity contribution in [3.05, 3.63) is 65.0 Å². The molecule has 126 valence electrons. The summed E-state index contributed by atoms with van der Waals surface area (Å²) in [5, 5.41) is 2.76. The first-order chi connectivity index (χ1) is 11.3. The lowest BCUT2D eigenvalue weighted by atomic mass is 9.86. The third kappa shape index (κ3) is 3.35. The number of carbonyl (C=O) groups is 1. The van der Waals surface area contributed by atoms with Crippen LogP contribution in [0.15, 0.2) is 42.5 Å². The van der Waals surface area contributed by atoms with Crippen LogP contribution in [0.3, 0.4) is 0 Å². The van der Waals surface area contributed by atoms with Crippen LogP contribution in [0.25, 0.3) is 0 Å². The summed E-state index contributed by atoms with van der Waals surface area (Å²) >= 11 is 0. The largest absolute Gasteiger partial charge is 0.323 e. The number of amides is 1. The van der Waals surface area contributed by atoms with Crippen LogP contribution < -0.4 is 5.32 Å². The standard InChI is InChI=1S/C21H24FNO/c1-13-6-5-7-18(22)19(13)23-20(24)17-12-16(17)14-8-10-15(11-9-14)21(2,3)4/h5-11,16-17H,12H2,1-4H3,(H,23,24)/t16-,17+/m0/s1. The average Bonchev–Trinajstić information content (AvgIpc) is 3.31. The van der Waals surface area contributed by atoms with E-state index in [1.165, 1.54) is 17.2 Å². The molecule has 2 aromatic carbocycles. The van der Waals surface area contributed by atoms with Crippen molar-refractivity contribution < 1.29 is 9.18 Å². The van der Waals surface area contributed by atoms with E-state index in [4.69, 9.17) is 0 Å². The van der Waals surface area contributed by atoms with E-state index in [9.17, 15) is 9.18 Å². The summed E-state index contributed by atoms with van der Waals surface area (Å²) < 4.78 is 13.9. The molecule has 0 aliphatic heterocycles. The Morgan fingerprint density at radius 1 is 1.12 bits per heavy atom. The van der Waals surface area contributed by atoms with Gasteiger partial charge in [0.05, 0.1) is 5.69 Å². The number of benzene rings is 2. The molecule has 1 saturated carbocycles. The van der Waals surface area contributed by atoms with Crippen molar-refractivity contribution in [1.82, 2.24) is 0 Å². The molecule has 3 heteroatoms. The lowest BCUT2D eigenvalue weighted by Crippen LogP contribution is -2.16. The Labute approximate surface area is 143 Å². The minimum atomic E-state index is -0.380. The van der Waals surface area contributed by atoms with Gasteiger partial charge < -0.3 is 5.32 Å². The normalized spacial score (nSPS) is 19.9. The zero-order valence-corrected chi connectivity index (χ0v) is 14.7. The first kappa shape index (κ1) is 16.7. The van der Waals surface area contributed by atoms with E-state index in [1.54, 1.807) is 19.1 Å². The smallest absolute Gasteiger partial charge is 0.228 e. The van der Waals surface area contributed by atoms with Crippen molar-refractivity contribution in [3.8, 4) is 0 Å². The number of carbonyl (C=O) groups excluding carboxylic acids is 1.